The molecule has 0 bridgehead atoms. The number of benzene rings is 2. The predicted molar refractivity (Wildman–Crippen MR) is 146 cm³/mol. The Balaban J connectivity index is 1.69. The van der Waals surface area contributed by atoms with Crippen molar-refractivity contribution in [3.8, 4) is 0 Å². The number of hydrogen-bond donors (Lipinski definition) is 0. The third kappa shape index (κ3) is 4.55. The molecule has 2 aromatic rings. The summed E-state index contributed by atoms with van der Waals surface area (Å²) in [4.78, 5) is 0. The maximum absolute atomic E-state index is 15.0. The lowest BCUT2D eigenvalue weighted by Crippen LogP contribution is -2.36. The second kappa shape index (κ2) is 10.4. The first-order chi connectivity index (χ1) is 15.6. The van der Waals surface area contributed by atoms with Crippen LogP contribution in [0.25, 0.3) is 0 Å². The number of hydrogen-bond acceptors (Lipinski definition) is 1. The van der Waals surface area contributed by atoms with Crippen molar-refractivity contribution >= 4 is 27.8 Å². The first-order valence-electron chi connectivity index (χ1n) is 12.7. The van der Waals surface area contributed by atoms with Crippen LogP contribution in [-0.4, -0.2) is 28.7 Å². The Hall–Kier alpha value is -1.24. The molecule has 0 unspecified atom stereocenters. The van der Waals surface area contributed by atoms with Crippen molar-refractivity contribution in [3.63, 3.8) is 0 Å². The second-order valence-corrected chi connectivity index (χ2v) is 17.3. The van der Waals surface area contributed by atoms with Crippen LogP contribution in [0, 0.1) is 11.8 Å². The number of rotatable bonds is 8. The van der Waals surface area contributed by atoms with Gasteiger partial charge in [-0.3, -0.25) is 0 Å². The van der Waals surface area contributed by atoms with Crippen LogP contribution in [0.5, 0.6) is 0 Å². The van der Waals surface area contributed by atoms with Crippen LogP contribution < -0.4 is 10.6 Å². The molecule has 3 atom stereocenters. The molecule has 0 aliphatic heterocycles. The van der Waals surface area contributed by atoms with Gasteiger partial charge in [0.15, 0.2) is 0 Å². The van der Waals surface area contributed by atoms with Gasteiger partial charge in [-0.05, 0) is 67.0 Å². The summed E-state index contributed by atoms with van der Waals surface area (Å²) in [5, 5.41) is 2.08. The minimum absolute atomic E-state index is 0.218. The van der Waals surface area contributed by atoms with Gasteiger partial charge in [-0.15, -0.1) is 0 Å². The van der Waals surface area contributed by atoms with Crippen molar-refractivity contribution in [3.05, 3.63) is 72.3 Å². The van der Waals surface area contributed by atoms with Gasteiger partial charge in [-0.1, -0.05) is 93.1 Å². The molecule has 0 heterocycles. The number of fused-ring (bicyclic) bond motifs is 1. The van der Waals surface area contributed by atoms with Crippen molar-refractivity contribution in [2.75, 3.05) is 23.0 Å². The van der Waals surface area contributed by atoms with E-state index >= 15 is 0 Å². The van der Waals surface area contributed by atoms with Crippen LogP contribution in [0.15, 0.2) is 72.3 Å². The highest BCUT2D eigenvalue weighted by Gasteiger charge is 2.43. The fourth-order valence-electron chi connectivity index (χ4n) is 6.32. The summed E-state index contributed by atoms with van der Waals surface area (Å²) < 4.78 is 15.0. The molecule has 1 fully saturated rings. The Morgan fingerprint density at radius 1 is 0.875 bits per heavy atom. The average Bonchev–Trinajstić information content (AvgIpc) is 2.88. The fourth-order valence-corrected chi connectivity index (χ4v) is 12.9. The Bertz CT molecular complexity index is 896. The molecule has 4 rings (SSSR count). The van der Waals surface area contributed by atoms with E-state index in [9.17, 15) is 4.57 Å². The molecular weight excluding hydrogens is 427 g/mol. The maximum Gasteiger partial charge on any atom is 0.146 e. The molecule has 0 saturated heterocycles. The molecule has 32 heavy (non-hydrogen) atoms. The van der Waals surface area contributed by atoms with Gasteiger partial charge in [0, 0.05) is 16.3 Å². The lowest BCUT2D eigenvalue weighted by molar-refractivity contribution is 0.300. The van der Waals surface area contributed by atoms with E-state index in [1.807, 2.05) is 12.1 Å². The van der Waals surface area contributed by atoms with Crippen molar-refractivity contribution in [1.29, 1.82) is 0 Å². The summed E-state index contributed by atoms with van der Waals surface area (Å²) in [5.41, 5.74) is 1.91. The molecule has 2 aromatic carbocycles. The highest BCUT2D eigenvalue weighted by atomic mass is 32.3. The van der Waals surface area contributed by atoms with E-state index in [1.165, 1.54) is 42.3 Å². The summed E-state index contributed by atoms with van der Waals surface area (Å²) in [6, 6.07) is 20.7. The molecule has 0 N–H and O–H groups in total. The fraction of sp³-hybridized carbons (Fsp3) is 0.517. The highest BCUT2D eigenvalue weighted by molar-refractivity contribution is 8.33. The molecule has 0 radical (unpaired) electrons. The summed E-state index contributed by atoms with van der Waals surface area (Å²) in [6.45, 7) is 7.26. The summed E-state index contributed by atoms with van der Waals surface area (Å²) >= 11 is 0. The van der Waals surface area contributed by atoms with Crippen LogP contribution in [-0.2, 0) is 4.57 Å². The quantitative estimate of drug-likeness (QED) is 0.292. The van der Waals surface area contributed by atoms with Crippen molar-refractivity contribution in [2.45, 2.75) is 58.5 Å². The Morgan fingerprint density at radius 3 is 1.97 bits per heavy atom. The van der Waals surface area contributed by atoms with Gasteiger partial charge in [0.05, 0.1) is 0 Å². The smallest absolute Gasteiger partial charge is 0.146 e. The molecule has 1 saturated carbocycles. The standard InChI is InChI=1S/C29H41OPS/c1-4-32(5-2,6-3)23-25-15-13-14-24-20-21-28(22-29(24)25)31(30,26-16-9-7-10-17-26)27-18-11-8-12-19-27/h7-12,16-20,25,28-29H,4-6,13-15,21-23H2,1-3H3/t25-,28-,29-/m1/s1. The minimum atomic E-state index is -2.70. The molecule has 2 aliphatic carbocycles. The zero-order valence-electron chi connectivity index (χ0n) is 20.2. The molecule has 3 heteroatoms. The SMILES string of the molecule is CCS(CC)(CC)C[C@H]1CCCC2=CC[C@@H](P(=O)(c3ccccc3)c3ccccc3)C[C@H]21. The molecule has 2 aliphatic rings. The first-order valence-corrected chi connectivity index (χ1v) is 16.8. The van der Waals surface area contributed by atoms with Crippen LogP contribution in [0.2, 0.25) is 0 Å². The van der Waals surface area contributed by atoms with Crippen molar-refractivity contribution < 1.29 is 4.57 Å². The van der Waals surface area contributed by atoms with Gasteiger partial charge < -0.3 is 4.57 Å². The van der Waals surface area contributed by atoms with E-state index in [4.69, 9.17) is 0 Å². The molecule has 0 spiro atoms. The van der Waals surface area contributed by atoms with Gasteiger partial charge in [-0.25, -0.2) is 10.0 Å². The minimum Gasteiger partial charge on any atom is -0.313 e. The van der Waals surface area contributed by atoms with Gasteiger partial charge in [0.25, 0.3) is 0 Å². The first kappa shape index (κ1) is 23.9. The van der Waals surface area contributed by atoms with Crippen LogP contribution in [0.3, 0.4) is 0 Å². The van der Waals surface area contributed by atoms with E-state index in [2.05, 4.69) is 75.4 Å². The Morgan fingerprint density at radius 2 is 1.44 bits per heavy atom. The normalized spacial score (nSPS) is 24.5. The molecule has 1 nitrogen and oxygen atoms in total. The van der Waals surface area contributed by atoms with Gasteiger partial charge >= 0.3 is 0 Å². The van der Waals surface area contributed by atoms with Crippen LogP contribution in [0.4, 0.5) is 0 Å². The topological polar surface area (TPSA) is 17.1 Å². The third-order valence-electron chi connectivity index (χ3n) is 8.46. The summed E-state index contributed by atoms with van der Waals surface area (Å²) in [7, 11) is -3.21. The predicted octanol–water partition coefficient (Wildman–Crippen LogP) is 7.37. The van der Waals surface area contributed by atoms with E-state index < -0.39 is 17.2 Å². The lowest BCUT2D eigenvalue weighted by Gasteiger charge is -2.47. The zero-order valence-corrected chi connectivity index (χ0v) is 21.9. The lowest BCUT2D eigenvalue weighted by atomic mass is 9.71. The monoisotopic (exact) mass is 468 g/mol. The molecular formula is C29H41OPS. The Kier molecular flexibility index (Phi) is 7.73. The summed E-state index contributed by atoms with van der Waals surface area (Å²) in [6.07, 6.45) is 8.56. The zero-order chi connectivity index (χ0) is 22.6. The van der Waals surface area contributed by atoms with Gasteiger partial charge in [-0.2, -0.15) is 0 Å². The molecule has 0 amide bonds. The van der Waals surface area contributed by atoms with Gasteiger partial charge in [0.2, 0.25) is 0 Å². The second-order valence-electron chi connectivity index (χ2n) is 9.75. The van der Waals surface area contributed by atoms with E-state index in [-0.39, 0.29) is 5.66 Å². The molecule has 0 aromatic heterocycles. The highest BCUT2D eigenvalue weighted by Crippen LogP contribution is 2.58. The maximum atomic E-state index is 15.0. The van der Waals surface area contributed by atoms with Gasteiger partial charge in [0.1, 0.15) is 7.14 Å². The van der Waals surface area contributed by atoms with Crippen LogP contribution >= 0.6 is 17.2 Å². The van der Waals surface area contributed by atoms with E-state index in [1.54, 1.807) is 5.57 Å². The van der Waals surface area contributed by atoms with Crippen molar-refractivity contribution in [1.82, 2.24) is 0 Å². The summed E-state index contributed by atoms with van der Waals surface area (Å²) in [5.74, 6) is 6.92. The van der Waals surface area contributed by atoms with Crippen LogP contribution in [0.1, 0.15) is 52.9 Å². The number of allylic oxidation sites excluding steroid dienone is 2. The largest absolute Gasteiger partial charge is 0.313 e. The average molecular weight is 469 g/mol. The Labute approximate surface area is 197 Å². The third-order valence-corrected chi connectivity index (χ3v) is 16.9. The van der Waals surface area contributed by atoms with E-state index in [0.29, 0.717) is 5.92 Å². The van der Waals surface area contributed by atoms with Crippen molar-refractivity contribution in [2.24, 2.45) is 11.8 Å². The molecule has 174 valence electrons. The van der Waals surface area contributed by atoms with E-state index in [0.717, 1.165) is 29.4 Å².